The molecule has 1 aromatic carbocycles. The van der Waals surface area contributed by atoms with Gasteiger partial charge in [0.05, 0.1) is 0 Å². The van der Waals surface area contributed by atoms with Crippen LogP contribution in [0, 0.1) is 5.82 Å². The average Bonchev–Trinajstić information content (AvgIpc) is 2.52. The Balaban J connectivity index is 2.49. The van der Waals surface area contributed by atoms with Crippen molar-refractivity contribution >= 4 is 10.9 Å². The number of hydrogen-bond donors (Lipinski definition) is 1. The molecule has 1 heterocycles. The standard InChI is InChI=1S/C12H14FNO/c1-14-8-9(3-2-6-15)11-7-10(13)4-5-12(11)14/h4-5,7-8,15H,2-3,6H2,1H3. The number of rotatable bonds is 3. The minimum Gasteiger partial charge on any atom is -0.396 e. The minimum absolute atomic E-state index is 0.172. The summed E-state index contributed by atoms with van der Waals surface area (Å²) in [6.07, 6.45) is 3.51. The van der Waals surface area contributed by atoms with Gasteiger partial charge in [-0.05, 0) is 36.6 Å². The molecule has 0 spiro atoms. The third-order valence-electron chi connectivity index (χ3n) is 2.64. The number of aromatic nitrogens is 1. The maximum Gasteiger partial charge on any atom is 0.123 e. The molecular weight excluding hydrogens is 193 g/mol. The number of fused-ring (bicyclic) bond motifs is 1. The molecule has 0 aliphatic rings. The molecule has 0 saturated heterocycles. The van der Waals surface area contributed by atoms with Gasteiger partial charge in [0.2, 0.25) is 0 Å². The van der Waals surface area contributed by atoms with Gasteiger partial charge in [0.1, 0.15) is 5.82 Å². The topological polar surface area (TPSA) is 25.2 Å². The highest BCUT2D eigenvalue weighted by atomic mass is 19.1. The smallest absolute Gasteiger partial charge is 0.123 e. The zero-order valence-corrected chi connectivity index (χ0v) is 8.70. The van der Waals surface area contributed by atoms with E-state index in [0.29, 0.717) is 0 Å². The van der Waals surface area contributed by atoms with Crippen molar-refractivity contribution in [2.75, 3.05) is 6.61 Å². The molecule has 0 radical (unpaired) electrons. The van der Waals surface area contributed by atoms with E-state index in [9.17, 15) is 4.39 Å². The summed E-state index contributed by atoms with van der Waals surface area (Å²) in [4.78, 5) is 0. The van der Waals surface area contributed by atoms with E-state index in [0.717, 1.165) is 29.3 Å². The van der Waals surface area contributed by atoms with Gasteiger partial charge in [0.15, 0.2) is 0 Å². The molecule has 0 aliphatic carbocycles. The molecule has 15 heavy (non-hydrogen) atoms. The first-order valence-corrected chi connectivity index (χ1v) is 5.06. The Bertz CT molecular complexity index is 476. The predicted molar refractivity (Wildman–Crippen MR) is 58.3 cm³/mol. The van der Waals surface area contributed by atoms with Crippen molar-refractivity contribution in [1.29, 1.82) is 0 Å². The van der Waals surface area contributed by atoms with Crippen LogP contribution in [0.25, 0.3) is 10.9 Å². The number of benzene rings is 1. The molecule has 1 N–H and O–H groups in total. The van der Waals surface area contributed by atoms with Crippen LogP contribution < -0.4 is 0 Å². The lowest BCUT2D eigenvalue weighted by Crippen LogP contribution is -1.88. The second-order valence-corrected chi connectivity index (χ2v) is 3.75. The molecule has 0 bridgehead atoms. The second-order valence-electron chi connectivity index (χ2n) is 3.75. The van der Waals surface area contributed by atoms with Gasteiger partial charge in [-0.2, -0.15) is 0 Å². The highest BCUT2D eigenvalue weighted by molar-refractivity contribution is 5.84. The molecule has 1 aromatic heterocycles. The van der Waals surface area contributed by atoms with E-state index in [1.165, 1.54) is 6.07 Å². The predicted octanol–water partition coefficient (Wildman–Crippen LogP) is 2.24. The van der Waals surface area contributed by atoms with Crippen LogP contribution in [0.5, 0.6) is 0 Å². The molecule has 2 nitrogen and oxygen atoms in total. The third-order valence-corrected chi connectivity index (χ3v) is 2.64. The Morgan fingerprint density at radius 1 is 1.40 bits per heavy atom. The van der Waals surface area contributed by atoms with E-state index in [1.54, 1.807) is 12.1 Å². The van der Waals surface area contributed by atoms with Gasteiger partial charge in [-0.25, -0.2) is 4.39 Å². The Kier molecular flexibility index (Phi) is 2.73. The maximum absolute atomic E-state index is 13.1. The number of hydrogen-bond acceptors (Lipinski definition) is 1. The number of aryl methyl sites for hydroxylation is 2. The van der Waals surface area contributed by atoms with Gasteiger partial charge >= 0.3 is 0 Å². The van der Waals surface area contributed by atoms with Crippen LogP contribution >= 0.6 is 0 Å². The molecule has 2 aromatic rings. The summed E-state index contributed by atoms with van der Waals surface area (Å²) >= 11 is 0. The van der Waals surface area contributed by atoms with Crippen LogP contribution in [-0.4, -0.2) is 16.3 Å². The van der Waals surface area contributed by atoms with Gasteiger partial charge < -0.3 is 9.67 Å². The summed E-state index contributed by atoms with van der Waals surface area (Å²) in [7, 11) is 1.95. The van der Waals surface area contributed by atoms with Crippen LogP contribution in [0.3, 0.4) is 0 Å². The Hall–Kier alpha value is -1.35. The largest absolute Gasteiger partial charge is 0.396 e. The molecular formula is C12H14FNO. The van der Waals surface area contributed by atoms with Crippen molar-refractivity contribution in [2.45, 2.75) is 12.8 Å². The lowest BCUT2D eigenvalue weighted by atomic mass is 10.1. The molecule has 0 amide bonds. The van der Waals surface area contributed by atoms with Crippen LogP contribution in [0.2, 0.25) is 0 Å². The molecule has 3 heteroatoms. The number of aliphatic hydroxyl groups excluding tert-OH is 1. The number of nitrogens with zero attached hydrogens (tertiary/aromatic N) is 1. The van der Waals surface area contributed by atoms with Crippen molar-refractivity contribution in [1.82, 2.24) is 4.57 Å². The van der Waals surface area contributed by atoms with Crippen molar-refractivity contribution in [3.8, 4) is 0 Å². The second kappa shape index (κ2) is 4.03. The molecule has 80 valence electrons. The average molecular weight is 207 g/mol. The zero-order valence-electron chi connectivity index (χ0n) is 8.70. The zero-order chi connectivity index (χ0) is 10.8. The van der Waals surface area contributed by atoms with Crippen molar-refractivity contribution in [3.05, 3.63) is 35.8 Å². The summed E-state index contributed by atoms with van der Waals surface area (Å²) < 4.78 is 15.1. The van der Waals surface area contributed by atoms with Gasteiger partial charge in [-0.1, -0.05) is 0 Å². The summed E-state index contributed by atoms with van der Waals surface area (Å²) in [6, 6.07) is 4.81. The highest BCUT2D eigenvalue weighted by Crippen LogP contribution is 2.22. The molecule has 0 unspecified atom stereocenters. The van der Waals surface area contributed by atoms with E-state index < -0.39 is 0 Å². The summed E-state index contributed by atoms with van der Waals surface area (Å²) in [5.74, 6) is -0.209. The molecule has 2 rings (SSSR count). The first-order chi connectivity index (χ1) is 7.22. The van der Waals surface area contributed by atoms with E-state index in [2.05, 4.69) is 0 Å². The Morgan fingerprint density at radius 3 is 2.93 bits per heavy atom. The van der Waals surface area contributed by atoms with Crippen LogP contribution in [0.4, 0.5) is 4.39 Å². The Labute approximate surface area is 88.0 Å². The summed E-state index contributed by atoms with van der Waals surface area (Å²) in [6.45, 7) is 0.172. The fourth-order valence-electron chi connectivity index (χ4n) is 1.91. The van der Waals surface area contributed by atoms with Gasteiger partial charge in [-0.15, -0.1) is 0 Å². The minimum atomic E-state index is -0.209. The lowest BCUT2D eigenvalue weighted by molar-refractivity contribution is 0.288. The number of halogens is 1. The van der Waals surface area contributed by atoms with Gasteiger partial charge in [-0.3, -0.25) is 0 Å². The van der Waals surface area contributed by atoms with Crippen molar-refractivity contribution < 1.29 is 9.50 Å². The Morgan fingerprint density at radius 2 is 2.20 bits per heavy atom. The van der Waals surface area contributed by atoms with E-state index in [-0.39, 0.29) is 12.4 Å². The van der Waals surface area contributed by atoms with Crippen molar-refractivity contribution in [2.24, 2.45) is 7.05 Å². The SMILES string of the molecule is Cn1cc(CCCO)c2cc(F)ccc21. The van der Waals surface area contributed by atoms with Crippen LogP contribution in [0.1, 0.15) is 12.0 Å². The van der Waals surface area contributed by atoms with Gasteiger partial charge in [0.25, 0.3) is 0 Å². The maximum atomic E-state index is 13.1. The lowest BCUT2D eigenvalue weighted by Gasteiger charge is -1.97. The van der Waals surface area contributed by atoms with E-state index in [4.69, 9.17) is 5.11 Å². The molecule has 0 fully saturated rings. The first kappa shape index (κ1) is 10.2. The molecule has 0 atom stereocenters. The monoisotopic (exact) mass is 207 g/mol. The number of aliphatic hydroxyl groups is 1. The first-order valence-electron chi connectivity index (χ1n) is 5.06. The van der Waals surface area contributed by atoms with E-state index in [1.807, 2.05) is 17.8 Å². The summed E-state index contributed by atoms with van der Waals surface area (Å²) in [5, 5.41) is 9.73. The quantitative estimate of drug-likeness (QED) is 0.820. The van der Waals surface area contributed by atoms with E-state index >= 15 is 0 Å². The van der Waals surface area contributed by atoms with Crippen molar-refractivity contribution in [3.63, 3.8) is 0 Å². The third kappa shape index (κ3) is 1.88. The highest BCUT2D eigenvalue weighted by Gasteiger charge is 2.06. The van der Waals surface area contributed by atoms with Crippen LogP contribution in [-0.2, 0) is 13.5 Å². The molecule has 0 saturated carbocycles. The van der Waals surface area contributed by atoms with Crippen LogP contribution in [0.15, 0.2) is 24.4 Å². The van der Waals surface area contributed by atoms with Gasteiger partial charge in [0, 0.05) is 30.8 Å². The summed E-state index contributed by atoms with van der Waals surface area (Å²) in [5.41, 5.74) is 2.13. The fourth-order valence-corrected chi connectivity index (χ4v) is 1.91. The molecule has 0 aliphatic heterocycles. The fraction of sp³-hybridized carbons (Fsp3) is 0.333. The normalized spacial score (nSPS) is 11.1.